The van der Waals surface area contributed by atoms with E-state index in [0.717, 1.165) is 12.8 Å². The number of benzene rings is 1. The van der Waals surface area contributed by atoms with Gasteiger partial charge < -0.3 is 19.8 Å². The highest BCUT2D eigenvalue weighted by molar-refractivity contribution is 6.12. The zero-order valence-electron chi connectivity index (χ0n) is 19.7. The number of fused-ring (bicyclic) bond motifs is 2. The van der Waals surface area contributed by atoms with Crippen molar-refractivity contribution in [3.63, 3.8) is 0 Å². The van der Waals surface area contributed by atoms with E-state index in [1.54, 1.807) is 21.7 Å². The quantitative estimate of drug-likeness (QED) is 0.451. The van der Waals surface area contributed by atoms with Crippen LogP contribution in [-0.4, -0.2) is 60.3 Å². The number of hydrogen-bond donors (Lipinski definition) is 2. The number of nitrogens with two attached hydrogens (primary N) is 1. The summed E-state index contributed by atoms with van der Waals surface area (Å²) in [4.78, 5) is 40.2. The number of piperidine rings is 1. The van der Waals surface area contributed by atoms with Gasteiger partial charge in [0.2, 0.25) is 0 Å². The molecule has 182 valence electrons. The van der Waals surface area contributed by atoms with Gasteiger partial charge in [-0.15, -0.1) is 0 Å². The van der Waals surface area contributed by atoms with Crippen molar-refractivity contribution < 1.29 is 18.7 Å². The lowest BCUT2D eigenvalue weighted by Gasteiger charge is -2.34. The zero-order chi connectivity index (χ0) is 24.7. The summed E-state index contributed by atoms with van der Waals surface area (Å²) in [5, 5.41) is 7.54. The minimum Gasteiger partial charge on any atom is -0.444 e. The second-order valence-corrected chi connectivity index (χ2v) is 9.41. The largest absolute Gasteiger partial charge is 0.444 e. The molecule has 4 aromatic rings. The van der Waals surface area contributed by atoms with Gasteiger partial charge in [-0.2, -0.15) is 10.1 Å². The van der Waals surface area contributed by atoms with Gasteiger partial charge in [0.1, 0.15) is 23.3 Å². The first-order chi connectivity index (χ1) is 16.7. The Morgan fingerprint density at radius 1 is 1.23 bits per heavy atom. The number of anilines is 2. The highest BCUT2D eigenvalue weighted by Gasteiger charge is 2.32. The zero-order valence-corrected chi connectivity index (χ0v) is 19.7. The van der Waals surface area contributed by atoms with Crippen molar-refractivity contribution in [1.29, 1.82) is 0 Å². The molecular formula is C23H26N8O4. The van der Waals surface area contributed by atoms with E-state index in [4.69, 9.17) is 14.9 Å². The normalized spacial score (nSPS) is 16.5. The highest BCUT2D eigenvalue weighted by Crippen LogP contribution is 2.30. The smallest absolute Gasteiger partial charge is 0.410 e. The van der Waals surface area contributed by atoms with Gasteiger partial charge >= 0.3 is 12.1 Å². The Morgan fingerprint density at radius 2 is 2.03 bits per heavy atom. The van der Waals surface area contributed by atoms with Crippen LogP contribution in [0.3, 0.4) is 0 Å². The Morgan fingerprint density at radius 3 is 2.80 bits per heavy atom. The number of hydrogen-bond acceptors (Lipinski definition) is 9. The van der Waals surface area contributed by atoms with E-state index in [0.29, 0.717) is 35.2 Å². The van der Waals surface area contributed by atoms with E-state index in [2.05, 4.69) is 25.4 Å². The summed E-state index contributed by atoms with van der Waals surface area (Å²) in [5.74, 6) is -0.426. The van der Waals surface area contributed by atoms with Gasteiger partial charge in [-0.25, -0.2) is 19.4 Å². The van der Waals surface area contributed by atoms with Crippen molar-refractivity contribution in [2.24, 2.45) is 0 Å². The van der Waals surface area contributed by atoms with Crippen molar-refractivity contribution in [1.82, 2.24) is 29.6 Å². The Kier molecular flexibility index (Phi) is 5.50. The molecule has 3 aromatic heterocycles. The maximum atomic E-state index is 13.2. The van der Waals surface area contributed by atoms with E-state index in [1.165, 1.54) is 6.33 Å². The minimum atomic E-state index is -0.597. The van der Waals surface area contributed by atoms with Crippen LogP contribution < -0.4 is 11.1 Å². The molecule has 12 heteroatoms. The molecule has 12 nitrogen and oxygen atoms in total. The molecular weight excluding hydrogens is 452 g/mol. The van der Waals surface area contributed by atoms with Crippen molar-refractivity contribution in [2.75, 3.05) is 24.1 Å². The first kappa shape index (κ1) is 22.6. The molecule has 0 spiro atoms. The summed E-state index contributed by atoms with van der Waals surface area (Å²) in [5.41, 5.74) is 7.16. The second kappa shape index (κ2) is 8.53. The van der Waals surface area contributed by atoms with Gasteiger partial charge in [-0.05, 0) is 45.7 Å². The monoisotopic (exact) mass is 478 g/mol. The Labute approximate surface area is 200 Å². The van der Waals surface area contributed by atoms with Crippen molar-refractivity contribution in [3.8, 4) is 0 Å². The molecule has 1 saturated heterocycles. The van der Waals surface area contributed by atoms with Crippen LogP contribution in [0.1, 0.15) is 50.1 Å². The predicted octanol–water partition coefficient (Wildman–Crippen LogP) is 3.37. The number of amides is 2. The first-order valence-electron chi connectivity index (χ1n) is 11.3. The lowest BCUT2D eigenvalue weighted by Crippen LogP contribution is -2.43. The van der Waals surface area contributed by atoms with E-state index < -0.39 is 11.5 Å². The van der Waals surface area contributed by atoms with E-state index in [-0.39, 0.29) is 29.7 Å². The van der Waals surface area contributed by atoms with Crippen LogP contribution in [-0.2, 0) is 4.74 Å². The number of oxazole rings is 1. The highest BCUT2D eigenvalue weighted by atomic mass is 16.6. The van der Waals surface area contributed by atoms with Crippen molar-refractivity contribution >= 4 is 46.0 Å². The molecule has 0 radical (unpaired) electrons. The fourth-order valence-corrected chi connectivity index (χ4v) is 4.14. The number of nitrogens with zero attached hydrogens (tertiary/aromatic N) is 6. The number of aromatic nitrogens is 5. The summed E-state index contributed by atoms with van der Waals surface area (Å²) >= 11 is 0. The number of carbonyl (C=O) groups excluding carboxylic acids is 2. The van der Waals surface area contributed by atoms with Crippen LogP contribution in [0.2, 0.25) is 0 Å². The van der Waals surface area contributed by atoms with Gasteiger partial charge in [0.05, 0.1) is 11.4 Å². The first-order valence-corrected chi connectivity index (χ1v) is 11.3. The van der Waals surface area contributed by atoms with Crippen molar-refractivity contribution in [3.05, 3.63) is 36.3 Å². The minimum absolute atomic E-state index is 0.0445. The third-order valence-electron chi connectivity index (χ3n) is 5.64. The maximum absolute atomic E-state index is 13.2. The number of carbonyl (C=O) groups is 2. The summed E-state index contributed by atoms with van der Waals surface area (Å²) in [6.45, 7) is 6.42. The molecule has 5 rings (SSSR count). The Balaban J connectivity index is 1.45. The summed E-state index contributed by atoms with van der Waals surface area (Å²) < 4.78 is 12.8. The van der Waals surface area contributed by atoms with Gasteiger partial charge in [0, 0.05) is 13.1 Å². The third-order valence-corrected chi connectivity index (χ3v) is 5.64. The molecule has 1 atom stereocenters. The SMILES string of the molecule is CC(C)(C)OC(=O)N1CCC[C@@H](n2nc(C(=O)Nc3nc4ccccc4o3)c3c(N)ncnc32)C1. The number of para-hydroxylation sites is 2. The molecule has 3 N–H and O–H groups in total. The standard InChI is InChI=1S/C23H26N8O4/c1-23(2,3)35-22(33)30-10-6-7-13(11-30)31-19-16(18(24)25-12-26-19)17(29-31)20(32)28-21-27-14-8-4-5-9-15(14)34-21/h4-5,8-9,12-13H,6-7,10-11H2,1-3H3,(H2,24,25,26)(H,27,28,32)/t13-/m1/s1. The lowest BCUT2D eigenvalue weighted by atomic mass is 10.1. The molecule has 35 heavy (non-hydrogen) atoms. The van der Waals surface area contributed by atoms with E-state index in [9.17, 15) is 9.59 Å². The third kappa shape index (κ3) is 4.46. The Hall–Kier alpha value is -4.22. The number of nitrogen functional groups attached to an aromatic ring is 1. The van der Waals surface area contributed by atoms with Crippen LogP contribution >= 0.6 is 0 Å². The Bertz CT molecular complexity index is 1390. The molecule has 1 aromatic carbocycles. The number of likely N-dealkylation sites (tertiary alicyclic amines) is 1. The average molecular weight is 479 g/mol. The maximum Gasteiger partial charge on any atom is 0.410 e. The second-order valence-electron chi connectivity index (χ2n) is 9.41. The number of nitrogens with one attached hydrogen (secondary N) is 1. The molecule has 1 aliphatic heterocycles. The fraction of sp³-hybridized carbons (Fsp3) is 0.391. The van der Waals surface area contributed by atoms with Crippen LogP contribution in [0.25, 0.3) is 22.1 Å². The van der Waals surface area contributed by atoms with Crippen LogP contribution in [0, 0.1) is 0 Å². The van der Waals surface area contributed by atoms with Gasteiger partial charge in [-0.1, -0.05) is 12.1 Å². The summed E-state index contributed by atoms with van der Waals surface area (Å²) in [6.07, 6.45) is 2.43. The molecule has 2 amide bonds. The topological polar surface area (TPSA) is 154 Å². The molecule has 1 aliphatic rings. The predicted molar refractivity (Wildman–Crippen MR) is 128 cm³/mol. The van der Waals surface area contributed by atoms with Crippen LogP contribution in [0.15, 0.2) is 35.0 Å². The number of ether oxygens (including phenoxy) is 1. The van der Waals surface area contributed by atoms with Gasteiger partial charge in [0.15, 0.2) is 16.9 Å². The average Bonchev–Trinajstić information content (AvgIpc) is 3.40. The molecule has 0 bridgehead atoms. The molecule has 0 unspecified atom stereocenters. The van der Waals surface area contributed by atoms with Gasteiger partial charge in [-0.3, -0.25) is 10.1 Å². The number of rotatable bonds is 3. The van der Waals surface area contributed by atoms with Crippen LogP contribution in [0.5, 0.6) is 0 Å². The van der Waals surface area contributed by atoms with Crippen LogP contribution in [0.4, 0.5) is 16.6 Å². The summed E-state index contributed by atoms with van der Waals surface area (Å²) in [7, 11) is 0. The molecule has 4 heterocycles. The van der Waals surface area contributed by atoms with E-state index >= 15 is 0 Å². The van der Waals surface area contributed by atoms with E-state index in [1.807, 2.05) is 32.9 Å². The fourth-order valence-electron chi connectivity index (χ4n) is 4.14. The van der Waals surface area contributed by atoms with Crippen molar-refractivity contribution in [2.45, 2.75) is 45.3 Å². The summed E-state index contributed by atoms with van der Waals surface area (Å²) in [6, 6.07) is 7.00. The molecule has 1 fully saturated rings. The molecule has 0 saturated carbocycles. The molecule has 0 aliphatic carbocycles. The lowest BCUT2D eigenvalue weighted by molar-refractivity contribution is 0.0168. The van der Waals surface area contributed by atoms with Gasteiger partial charge in [0.25, 0.3) is 5.91 Å².